The highest BCUT2D eigenvalue weighted by Crippen LogP contribution is 2.36. The molecule has 0 atom stereocenters. The topological polar surface area (TPSA) is 30.8 Å². The van der Waals surface area contributed by atoms with Gasteiger partial charge in [0, 0.05) is 6.07 Å². The fourth-order valence-electron chi connectivity index (χ4n) is 1.13. The molecule has 0 amide bonds. The molecular weight excluding hydrogens is 247 g/mol. The lowest BCUT2D eigenvalue weighted by Gasteiger charge is -2.03. The van der Waals surface area contributed by atoms with Crippen molar-refractivity contribution in [2.75, 3.05) is 6.79 Å². The Kier molecular flexibility index (Phi) is 2.67. The third kappa shape index (κ3) is 2.21. The van der Waals surface area contributed by atoms with Crippen LogP contribution in [0.5, 0.6) is 11.5 Å². The first-order chi connectivity index (χ1) is 7.47. The third-order valence-electron chi connectivity index (χ3n) is 1.82. The Labute approximate surface area is 93.4 Å². The van der Waals surface area contributed by atoms with Gasteiger partial charge >= 0.3 is 6.18 Å². The van der Waals surface area contributed by atoms with E-state index in [0.29, 0.717) is 11.5 Å². The summed E-state index contributed by atoms with van der Waals surface area (Å²) in [4.78, 5) is 3.23. The van der Waals surface area contributed by atoms with E-state index in [1.54, 1.807) is 0 Å². The highest BCUT2D eigenvalue weighted by Gasteiger charge is 2.34. The molecule has 0 spiro atoms. The van der Waals surface area contributed by atoms with E-state index in [2.05, 4.69) is 4.99 Å². The molecule has 0 saturated heterocycles. The number of hydrogen-bond acceptors (Lipinski definition) is 3. The van der Waals surface area contributed by atoms with Crippen LogP contribution >= 0.6 is 11.6 Å². The van der Waals surface area contributed by atoms with Crippen LogP contribution in [0.4, 0.5) is 18.9 Å². The Bertz CT molecular complexity index is 445. The van der Waals surface area contributed by atoms with Gasteiger partial charge in [0.2, 0.25) is 12.0 Å². The number of fused-ring (bicyclic) bond motifs is 1. The molecule has 1 aromatic carbocycles. The second kappa shape index (κ2) is 3.86. The van der Waals surface area contributed by atoms with Gasteiger partial charge in [0.1, 0.15) is 0 Å². The minimum Gasteiger partial charge on any atom is -0.454 e. The van der Waals surface area contributed by atoms with Crippen molar-refractivity contribution in [1.82, 2.24) is 0 Å². The fourth-order valence-corrected chi connectivity index (χ4v) is 1.23. The van der Waals surface area contributed by atoms with E-state index >= 15 is 0 Å². The maximum absolute atomic E-state index is 12.1. The Morgan fingerprint density at radius 2 is 1.94 bits per heavy atom. The van der Waals surface area contributed by atoms with Gasteiger partial charge in [0.15, 0.2) is 11.5 Å². The molecular formula is C9H5ClF3NO2. The third-order valence-corrected chi connectivity index (χ3v) is 2.12. The normalized spacial score (nSPS) is 15.4. The molecule has 0 aromatic heterocycles. The number of hydrogen-bond donors (Lipinski definition) is 0. The summed E-state index contributed by atoms with van der Waals surface area (Å²) in [6.07, 6.45) is -4.64. The lowest BCUT2D eigenvalue weighted by atomic mass is 10.3. The number of ether oxygens (including phenoxy) is 2. The van der Waals surface area contributed by atoms with E-state index in [0.717, 1.165) is 0 Å². The van der Waals surface area contributed by atoms with Crippen molar-refractivity contribution in [1.29, 1.82) is 0 Å². The summed E-state index contributed by atoms with van der Waals surface area (Å²) in [6.45, 7) is 0.0511. The summed E-state index contributed by atoms with van der Waals surface area (Å²) in [5, 5.41) is -1.42. The van der Waals surface area contributed by atoms with Gasteiger partial charge in [-0.2, -0.15) is 13.2 Å². The molecule has 86 valence electrons. The Hall–Kier alpha value is -1.43. The molecule has 3 nitrogen and oxygen atoms in total. The molecule has 0 unspecified atom stereocenters. The SMILES string of the molecule is FC(F)(F)C(Cl)=Nc1ccc2c(c1)OCO2. The monoisotopic (exact) mass is 251 g/mol. The molecule has 1 aliphatic heterocycles. The van der Waals surface area contributed by atoms with E-state index in [9.17, 15) is 13.2 Å². The highest BCUT2D eigenvalue weighted by atomic mass is 35.5. The van der Waals surface area contributed by atoms with Gasteiger partial charge in [0.05, 0.1) is 5.69 Å². The molecule has 1 heterocycles. The largest absolute Gasteiger partial charge is 0.454 e. The number of rotatable bonds is 1. The maximum Gasteiger partial charge on any atom is 0.444 e. The zero-order valence-corrected chi connectivity index (χ0v) is 8.47. The molecule has 7 heteroatoms. The molecule has 16 heavy (non-hydrogen) atoms. The van der Waals surface area contributed by atoms with Crippen LogP contribution in [-0.2, 0) is 0 Å². The highest BCUT2D eigenvalue weighted by molar-refractivity contribution is 6.67. The maximum atomic E-state index is 12.1. The zero-order valence-electron chi connectivity index (χ0n) is 7.71. The molecule has 0 fully saturated rings. The summed E-state index contributed by atoms with van der Waals surface area (Å²) in [5.41, 5.74) is 0.0616. The summed E-state index contributed by atoms with van der Waals surface area (Å²) in [7, 11) is 0. The van der Waals surface area contributed by atoms with E-state index in [-0.39, 0.29) is 12.5 Å². The van der Waals surface area contributed by atoms with Gasteiger partial charge in [-0.1, -0.05) is 11.6 Å². The Balaban J connectivity index is 2.29. The van der Waals surface area contributed by atoms with Crippen molar-refractivity contribution >= 4 is 22.5 Å². The minimum absolute atomic E-state index is 0.0511. The fraction of sp³-hybridized carbons (Fsp3) is 0.222. The van der Waals surface area contributed by atoms with Gasteiger partial charge in [-0.15, -0.1) is 0 Å². The van der Waals surface area contributed by atoms with Crippen molar-refractivity contribution < 1.29 is 22.6 Å². The average Bonchev–Trinajstić information content (AvgIpc) is 2.63. The van der Waals surface area contributed by atoms with Crippen LogP contribution in [0.25, 0.3) is 0 Å². The van der Waals surface area contributed by atoms with Gasteiger partial charge in [-0.25, -0.2) is 4.99 Å². The van der Waals surface area contributed by atoms with Crippen LogP contribution in [0.2, 0.25) is 0 Å². The number of aliphatic imine (C=N–C) groups is 1. The van der Waals surface area contributed by atoms with Crippen LogP contribution < -0.4 is 9.47 Å². The quantitative estimate of drug-likeness (QED) is 0.718. The number of benzene rings is 1. The van der Waals surface area contributed by atoms with Crippen LogP contribution in [0, 0.1) is 0 Å². The lowest BCUT2D eigenvalue weighted by Crippen LogP contribution is -2.16. The summed E-state index contributed by atoms with van der Waals surface area (Å²) in [5.74, 6) is 0.829. The second-order valence-electron chi connectivity index (χ2n) is 2.94. The number of nitrogens with zero attached hydrogens (tertiary/aromatic N) is 1. The summed E-state index contributed by atoms with van der Waals surface area (Å²) in [6, 6.07) is 4.17. The van der Waals surface area contributed by atoms with Crippen molar-refractivity contribution in [3.05, 3.63) is 18.2 Å². The van der Waals surface area contributed by atoms with Crippen LogP contribution in [0.3, 0.4) is 0 Å². The molecule has 1 aromatic rings. The average molecular weight is 252 g/mol. The molecule has 0 N–H and O–H groups in total. The van der Waals surface area contributed by atoms with Crippen molar-refractivity contribution in [3.8, 4) is 11.5 Å². The van der Waals surface area contributed by atoms with Crippen molar-refractivity contribution in [2.45, 2.75) is 6.18 Å². The predicted octanol–water partition coefficient (Wildman–Crippen LogP) is 3.25. The van der Waals surface area contributed by atoms with Gasteiger partial charge in [-0.3, -0.25) is 0 Å². The first-order valence-electron chi connectivity index (χ1n) is 4.18. The van der Waals surface area contributed by atoms with Crippen molar-refractivity contribution in [2.24, 2.45) is 4.99 Å². The van der Waals surface area contributed by atoms with E-state index < -0.39 is 11.3 Å². The summed E-state index contributed by atoms with van der Waals surface area (Å²) < 4.78 is 46.3. The second-order valence-corrected chi connectivity index (χ2v) is 3.30. The molecule has 0 aliphatic carbocycles. The first-order valence-corrected chi connectivity index (χ1v) is 4.55. The van der Waals surface area contributed by atoms with E-state index in [1.807, 2.05) is 0 Å². The van der Waals surface area contributed by atoms with Gasteiger partial charge in [-0.05, 0) is 12.1 Å². The molecule has 1 aliphatic rings. The number of halogens is 4. The number of alkyl halides is 3. The Morgan fingerprint density at radius 1 is 1.25 bits per heavy atom. The van der Waals surface area contributed by atoms with Gasteiger partial charge in [0.25, 0.3) is 0 Å². The van der Waals surface area contributed by atoms with Crippen molar-refractivity contribution in [3.63, 3.8) is 0 Å². The molecule has 0 bridgehead atoms. The lowest BCUT2D eigenvalue weighted by molar-refractivity contribution is -0.0558. The summed E-state index contributed by atoms with van der Waals surface area (Å²) >= 11 is 5.00. The smallest absolute Gasteiger partial charge is 0.444 e. The van der Waals surface area contributed by atoms with Crippen LogP contribution in [0.1, 0.15) is 0 Å². The standard InChI is InChI=1S/C9H5ClF3NO2/c10-8(9(11,12)13)14-5-1-2-6-7(3-5)16-4-15-6/h1-3H,4H2. The van der Waals surface area contributed by atoms with Crippen LogP contribution in [0.15, 0.2) is 23.2 Å². The zero-order chi connectivity index (χ0) is 11.8. The van der Waals surface area contributed by atoms with E-state index in [1.165, 1.54) is 18.2 Å². The minimum atomic E-state index is -4.64. The van der Waals surface area contributed by atoms with Crippen LogP contribution in [-0.4, -0.2) is 18.1 Å². The first kappa shape index (κ1) is 11.1. The molecule has 2 rings (SSSR count). The molecule has 0 saturated carbocycles. The van der Waals surface area contributed by atoms with Gasteiger partial charge < -0.3 is 9.47 Å². The predicted molar refractivity (Wildman–Crippen MR) is 51.6 cm³/mol. The Morgan fingerprint density at radius 3 is 2.62 bits per heavy atom. The van der Waals surface area contributed by atoms with E-state index in [4.69, 9.17) is 21.1 Å². The molecule has 0 radical (unpaired) electrons.